The van der Waals surface area contributed by atoms with Gasteiger partial charge in [0, 0.05) is 34.1 Å². The summed E-state index contributed by atoms with van der Waals surface area (Å²) in [6.45, 7) is 0. The summed E-state index contributed by atoms with van der Waals surface area (Å²) < 4.78 is 0. The van der Waals surface area contributed by atoms with E-state index in [0.29, 0.717) is 11.1 Å². The number of rotatable bonds is 6. The molecule has 0 saturated heterocycles. The van der Waals surface area contributed by atoms with Crippen molar-refractivity contribution in [3.05, 3.63) is 264 Å². The molecule has 0 N–H and O–H groups in total. The summed E-state index contributed by atoms with van der Waals surface area (Å²) in [5, 5.41) is 27.0. The maximum absolute atomic E-state index is 9.92. The van der Waals surface area contributed by atoms with E-state index in [1.165, 1.54) is 66.1 Å². The molecule has 2 aliphatic rings. The molecular weight excluding hydrogens is 813 g/mol. The predicted molar refractivity (Wildman–Crippen MR) is 274 cm³/mol. The van der Waals surface area contributed by atoms with Crippen molar-refractivity contribution >= 4 is 66.4 Å². The number of nitriles is 2. The number of nitrogens with zero attached hydrogens (tertiary/aromatic N) is 4. The van der Waals surface area contributed by atoms with E-state index in [4.69, 9.17) is 0 Å². The Morgan fingerprint density at radius 2 is 0.791 bits per heavy atom. The molecule has 4 heteroatoms. The van der Waals surface area contributed by atoms with Gasteiger partial charge in [0.25, 0.3) is 0 Å². The largest absolute Gasteiger partial charge is 0.310 e. The van der Waals surface area contributed by atoms with E-state index in [-0.39, 0.29) is 0 Å². The van der Waals surface area contributed by atoms with Crippen LogP contribution in [0.5, 0.6) is 0 Å². The molecule has 0 aliphatic heterocycles. The fraction of sp³-hybridized carbons (Fsp3) is 0.0159. The van der Waals surface area contributed by atoms with E-state index in [0.717, 1.165) is 44.9 Å². The van der Waals surface area contributed by atoms with Crippen molar-refractivity contribution in [3.8, 4) is 34.4 Å². The smallest absolute Gasteiger partial charge is 0.0992 e. The van der Waals surface area contributed by atoms with Gasteiger partial charge < -0.3 is 9.80 Å². The van der Waals surface area contributed by atoms with Crippen LogP contribution in [-0.2, 0) is 5.41 Å². The highest BCUT2D eigenvalue weighted by molar-refractivity contribution is 6.13. The minimum atomic E-state index is -0.650. The van der Waals surface area contributed by atoms with Crippen molar-refractivity contribution in [1.82, 2.24) is 0 Å². The van der Waals surface area contributed by atoms with Gasteiger partial charge in [0.15, 0.2) is 0 Å². The zero-order valence-corrected chi connectivity index (χ0v) is 36.2. The summed E-state index contributed by atoms with van der Waals surface area (Å²) in [7, 11) is 0. The van der Waals surface area contributed by atoms with Gasteiger partial charge in [-0.05, 0) is 162 Å². The summed E-state index contributed by atoms with van der Waals surface area (Å²) in [5.41, 5.74) is 16.7. The summed E-state index contributed by atoms with van der Waals surface area (Å²) in [5.74, 6) is 0. The van der Waals surface area contributed by atoms with Gasteiger partial charge in [-0.15, -0.1) is 0 Å². The lowest BCUT2D eigenvalue weighted by atomic mass is 9.68. The third-order valence-corrected chi connectivity index (χ3v) is 14.0. The maximum atomic E-state index is 9.92. The third kappa shape index (κ3) is 5.64. The average Bonchev–Trinajstić information content (AvgIpc) is 3.87. The Labute approximate surface area is 388 Å². The van der Waals surface area contributed by atoms with Crippen LogP contribution in [0, 0.1) is 22.7 Å². The lowest BCUT2D eigenvalue weighted by Gasteiger charge is -2.33. The predicted octanol–water partition coefficient (Wildman–Crippen LogP) is 16.2. The fourth-order valence-electron chi connectivity index (χ4n) is 11.4. The lowest BCUT2D eigenvalue weighted by Crippen LogP contribution is -2.26. The molecule has 11 aromatic rings. The molecule has 0 atom stereocenters. The van der Waals surface area contributed by atoms with Gasteiger partial charge in [-0.2, -0.15) is 10.5 Å². The molecule has 67 heavy (non-hydrogen) atoms. The standard InChI is InChI=1S/C63H38N4/c64-39-41-13-11-20-48(35-41)66(46-16-3-1-4-17-46)50-28-32-53-44(37-50)25-30-55-56-31-26-45-38-51(67(47-18-5-2-6-19-47)49-21-12-14-42(36-49)40-65)29-33-54(45)62(56)63(61(53)55)58-24-10-9-23-57(58)60-52-22-8-7-15-43(52)27-34-59(60)63/h1-38H. The second kappa shape index (κ2) is 14.9. The summed E-state index contributed by atoms with van der Waals surface area (Å²) in [6.07, 6.45) is 0. The van der Waals surface area contributed by atoms with Crippen LogP contribution in [0.2, 0.25) is 0 Å². The van der Waals surface area contributed by atoms with Crippen LogP contribution in [0.15, 0.2) is 231 Å². The van der Waals surface area contributed by atoms with E-state index >= 15 is 0 Å². The van der Waals surface area contributed by atoms with E-state index in [1.807, 2.05) is 48.5 Å². The number of hydrogen-bond acceptors (Lipinski definition) is 4. The molecule has 0 aromatic heterocycles. The molecule has 2 aliphatic carbocycles. The molecule has 0 heterocycles. The number of hydrogen-bond donors (Lipinski definition) is 0. The summed E-state index contributed by atoms with van der Waals surface area (Å²) >= 11 is 0. The van der Waals surface area contributed by atoms with Crippen molar-refractivity contribution in [2.45, 2.75) is 5.41 Å². The molecule has 0 radical (unpaired) electrons. The minimum Gasteiger partial charge on any atom is -0.310 e. The monoisotopic (exact) mass is 850 g/mol. The van der Waals surface area contributed by atoms with E-state index in [9.17, 15) is 10.5 Å². The molecule has 0 fully saturated rings. The van der Waals surface area contributed by atoms with Gasteiger partial charge in [0.1, 0.15) is 0 Å². The first kappa shape index (κ1) is 38.3. The second-order valence-corrected chi connectivity index (χ2v) is 17.5. The molecule has 11 aromatic carbocycles. The van der Waals surface area contributed by atoms with Crippen LogP contribution >= 0.6 is 0 Å². The van der Waals surface area contributed by atoms with Gasteiger partial charge in [-0.25, -0.2) is 0 Å². The van der Waals surface area contributed by atoms with Crippen LogP contribution in [-0.4, -0.2) is 0 Å². The van der Waals surface area contributed by atoms with Crippen molar-refractivity contribution in [2.24, 2.45) is 0 Å². The summed E-state index contributed by atoms with van der Waals surface area (Å²) in [4.78, 5) is 4.48. The molecule has 1 spiro atoms. The van der Waals surface area contributed by atoms with Crippen molar-refractivity contribution < 1.29 is 0 Å². The van der Waals surface area contributed by atoms with Crippen molar-refractivity contribution in [3.63, 3.8) is 0 Å². The van der Waals surface area contributed by atoms with E-state index < -0.39 is 5.41 Å². The molecule has 4 nitrogen and oxygen atoms in total. The van der Waals surface area contributed by atoms with Crippen LogP contribution in [0.1, 0.15) is 33.4 Å². The topological polar surface area (TPSA) is 54.1 Å². The number of anilines is 6. The molecule has 0 saturated carbocycles. The SMILES string of the molecule is N#Cc1cccc(N(c2ccccc2)c2ccc3c4c(ccc3c2)-c2ccc3cc(N(c5ccccc5)c5cccc(C#N)c5)ccc3c2C42c3ccccc3-c3c2ccc2ccccc32)c1. The quantitative estimate of drug-likeness (QED) is 0.167. The van der Waals surface area contributed by atoms with Gasteiger partial charge in [-0.1, -0.05) is 146 Å². The van der Waals surface area contributed by atoms with Gasteiger partial charge in [0.05, 0.1) is 28.7 Å². The molecule has 0 amide bonds. The first-order valence-electron chi connectivity index (χ1n) is 22.6. The van der Waals surface area contributed by atoms with Gasteiger partial charge in [0.2, 0.25) is 0 Å². The zero-order valence-electron chi connectivity index (χ0n) is 36.2. The van der Waals surface area contributed by atoms with E-state index in [2.05, 4.69) is 204 Å². The average molecular weight is 851 g/mol. The highest BCUT2D eigenvalue weighted by atomic mass is 15.1. The second-order valence-electron chi connectivity index (χ2n) is 17.5. The molecule has 13 rings (SSSR count). The Balaban J connectivity index is 1.09. The Bertz CT molecular complexity index is 3720. The Kier molecular flexibility index (Phi) is 8.52. The van der Waals surface area contributed by atoms with Crippen molar-refractivity contribution in [2.75, 3.05) is 9.80 Å². The minimum absolute atomic E-state index is 0.614. The van der Waals surface area contributed by atoms with Crippen LogP contribution in [0.4, 0.5) is 34.1 Å². The Morgan fingerprint density at radius 3 is 1.36 bits per heavy atom. The first-order valence-corrected chi connectivity index (χ1v) is 22.6. The lowest BCUT2D eigenvalue weighted by molar-refractivity contribution is 0.810. The molecule has 0 unspecified atom stereocenters. The summed E-state index contributed by atoms with van der Waals surface area (Å²) in [6, 6.07) is 86.8. The fourth-order valence-corrected chi connectivity index (χ4v) is 11.4. The van der Waals surface area contributed by atoms with Gasteiger partial charge in [-0.3, -0.25) is 0 Å². The normalized spacial score (nSPS) is 12.6. The first-order chi connectivity index (χ1) is 33.1. The van der Waals surface area contributed by atoms with Crippen LogP contribution < -0.4 is 9.80 Å². The third-order valence-electron chi connectivity index (χ3n) is 14.0. The number of benzene rings is 11. The van der Waals surface area contributed by atoms with Crippen molar-refractivity contribution in [1.29, 1.82) is 10.5 Å². The number of fused-ring (bicyclic) bond motifs is 16. The zero-order chi connectivity index (χ0) is 44.6. The molecule has 310 valence electrons. The molecular formula is C63H38N4. The number of para-hydroxylation sites is 2. The Morgan fingerprint density at radius 1 is 0.313 bits per heavy atom. The maximum Gasteiger partial charge on any atom is 0.0992 e. The van der Waals surface area contributed by atoms with Gasteiger partial charge >= 0.3 is 0 Å². The highest BCUT2D eigenvalue weighted by Crippen LogP contribution is 2.66. The van der Waals surface area contributed by atoms with Crippen LogP contribution in [0.3, 0.4) is 0 Å². The Hall–Kier alpha value is -9.22. The molecule has 0 bridgehead atoms. The van der Waals surface area contributed by atoms with Crippen LogP contribution in [0.25, 0.3) is 54.6 Å². The highest BCUT2D eigenvalue weighted by Gasteiger charge is 2.53. The van der Waals surface area contributed by atoms with E-state index in [1.54, 1.807) is 0 Å².